The summed E-state index contributed by atoms with van der Waals surface area (Å²) < 4.78 is 5.28. The fraction of sp³-hybridized carbons (Fsp3) is 0.0645. The molecule has 0 saturated heterocycles. The Labute approximate surface area is 220 Å². The van der Waals surface area contributed by atoms with Crippen LogP contribution < -0.4 is 15.4 Å². The van der Waals surface area contributed by atoms with Crippen LogP contribution in [0.15, 0.2) is 109 Å². The van der Waals surface area contributed by atoms with Gasteiger partial charge < -0.3 is 20.4 Å². The van der Waals surface area contributed by atoms with Crippen LogP contribution in [0.3, 0.4) is 0 Å². The molecular weight excluding hydrogens is 476 g/mol. The normalized spacial score (nSPS) is 10.6. The third-order valence-corrected chi connectivity index (χ3v) is 6.11. The van der Waals surface area contributed by atoms with Crippen LogP contribution in [0, 0.1) is 0 Å². The van der Waals surface area contributed by atoms with Crippen LogP contribution >= 0.6 is 0 Å². The predicted octanol–water partition coefficient (Wildman–Crippen LogP) is 5.93. The Hall–Kier alpha value is -5.17. The number of amides is 2. The summed E-state index contributed by atoms with van der Waals surface area (Å²) in [5, 5.41) is 5.76. The lowest BCUT2D eigenvalue weighted by molar-refractivity contribution is 0.0946. The average Bonchev–Trinajstić information content (AvgIpc) is 3.43. The fourth-order valence-corrected chi connectivity index (χ4v) is 4.08. The topological polar surface area (TPSA) is 96.1 Å². The Morgan fingerprint density at radius 2 is 1.55 bits per heavy atom. The Balaban J connectivity index is 1.32. The second-order valence-corrected chi connectivity index (χ2v) is 8.61. The minimum atomic E-state index is -0.247. The number of pyridine rings is 1. The number of nitrogens with zero attached hydrogens (tertiary/aromatic N) is 1. The molecule has 0 bridgehead atoms. The highest BCUT2D eigenvalue weighted by molar-refractivity contribution is 6.04. The third kappa shape index (κ3) is 5.63. The van der Waals surface area contributed by atoms with Crippen LogP contribution in [-0.4, -0.2) is 28.9 Å². The Morgan fingerprint density at radius 3 is 2.24 bits per heavy atom. The van der Waals surface area contributed by atoms with E-state index in [-0.39, 0.29) is 11.8 Å². The lowest BCUT2D eigenvalue weighted by atomic mass is 10.0. The summed E-state index contributed by atoms with van der Waals surface area (Å²) in [7, 11) is 1.62. The summed E-state index contributed by atoms with van der Waals surface area (Å²) in [5.41, 5.74) is 5.38. The molecule has 2 amide bonds. The van der Waals surface area contributed by atoms with Crippen LogP contribution in [0.2, 0.25) is 0 Å². The van der Waals surface area contributed by atoms with Gasteiger partial charge in [0, 0.05) is 29.6 Å². The highest BCUT2D eigenvalue weighted by Gasteiger charge is 2.18. The monoisotopic (exact) mass is 502 g/mol. The van der Waals surface area contributed by atoms with Crippen molar-refractivity contribution < 1.29 is 14.3 Å². The van der Waals surface area contributed by atoms with Gasteiger partial charge >= 0.3 is 0 Å². The summed E-state index contributed by atoms with van der Waals surface area (Å²) in [6.45, 7) is 0.308. The van der Waals surface area contributed by atoms with Crippen molar-refractivity contribution in [1.29, 1.82) is 0 Å². The maximum atomic E-state index is 13.3. The van der Waals surface area contributed by atoms with Crippen LogP contribution in [-0.2, 0) is 6.54 Å². The maximum Gasteiger partial charge on any atom is 0.268 e. The molecule has 2 aromatic heterocycles. The first-order valence-corrected chi connectivity index (χ1v) is 12.1. The molecule has 0 saturated carbocycles. The molecule has 0 radical (unpaired) electrons. The number of rotatable bonds is 8. The van der Waals surface area contributed by atoms with Crippen molar-refractivity contribution >= 4 is 17.6 Å². The van der Waals surface area contributed by atoms with Gasteiger partial charge in [-0.05, 0) is 59.2 Å². The molecule has 38 heavy (non-hydrogen) atoms. The number of hydrogen-bond donors (Lipinski definition) is 3. The van der Waals surface area contributed by atoms with Gasteiger partial charge in [-0.25, -0.2) is 4.98 Å². The van der Waals surface area contributed by atoms with Crippen molar-refractivity contribution in [1.82, 2.24) is 15.3 Å². The van der Waals surface area contributed by atoms with Gasteiger partial charge in [0.05, 0.1) is 7.11 Å². The zero-order valence-electron chi connectivity index (χ0n) is 20.8. The largest absolute Gasteiger partial charge is 0.497 e. The van der Waals surface area contributed by atoms with Gasteiger partial charge in [-0.15, -0.1) is 0 Å². The first kappa shape index (κ1) is 24.5. The van der Waals surface area contributed by atoms with Crippen molar-refractivity contribution in [2.45, 2.75) is 6.54 Å². The van der Waals surface area contributed by atoms with Crippen molar-refractivity contribution in [2.75, 3.05) is 12.4 Å². The SMILES string of the molecule is COc1ccc(-c2cc(-c3ccccc3)[nH]c2C(=O)NCc2ccc(C(=O)Nc3ccccn3)cc2)cc1. The van der Waals surface area contributed by atoms with Crippen LogP contribution in [0.4, 0.5) is 5.82 Å². The van der Waals surface area contributed by atoms with E-state index in [1.165, 1.54) is 0 Å². The van der Waals surface area contributed by atoms with E-state index in [1.807, 2.05) is 72.8 Å². The molecule has 0 spiro atoms. The van der Waals surface area contributed by atoms with Gasteiger partial charge in [0.25, 0.3) is 11.8 Å². The van der Waals surface area contributed by atoms with E-state index < -0.39 is 0 Å². The number of carbonyl (C=O) groups excluding carboxylic acids is 2. The Morgan fingerprint density at radius 1 is 0.816 bits per heavy atom. The number of aromatic nitrogens is 2. The third-order valence-electron chi connectivity index (χ3n) is 6.11. The van der Waals surface area contributed by atoms with E-state index in [1.54, 1.807) is 43.6 Å². The summed E-state index contributed by atoms with van der Waals surface area (Å²) in [6, 6.07) is 31.9. The maximum absolute atomic E-state index is 13.3. The van der Waals surface area contributed by atoms with Crippen molar-refractivity contribution in [2.24, 2.45) is 0 Å². The predicted molar refractivity (Wildman–Crippen MR) is 148 cm³/mol. The molecule has 2 heterocycles. The van der Waals surface area contributed by atoms with Gasteiger partial charge in [-0.3, -0.25) is 9.59 Å². The summed E-state index contributed by atoms with van der Waals surface area (Å²) in [5.74, 6) is 0.760. The fourth-order valence-electron chi connectivity index (χ4n) is 4.08. The number of H-pyrrole nitrogens is 1. The van der Waals surface area contributed by atoms with E-state index >= 15 is 0 Å². The molecule has 0 fully saturated rings. The second kappa shape index (κ2) is 11.3. The number of carbonyl (C=O) groups is 2. The molecule has 0 aliphatic carbocycles. The molecule has 0 aliphatic rings. The first-order chi connectivity index (χ1) is 18.6. The zero-order chi connectivity index (χ0) is 26.3. The van der Waals surface area contributed by atoms with Gasteiger partial charge in [0.1, 0.15) is 17.3 Å². The van der Waals surface area contributed by atoms with E-state index in [4.69, 9.17) is 4.74 Å². The first-order valence-electron chi connectivity index (χ1n) is 12.1. The van der Waals surface area contributed by atoms with E-state index in [0.717, 1.165) is 33.7 Å². The summed E-state index contributed by atoms with van der Waals surface area (Å²) in [4.78, 5) is 33.2. The number of anilines is 1. The molecule has 0 atom stereocenters. The van der Waals surface area contributed by atoms with Crippen LogP contribution in [0.5, 0.6) is 5.75 Å². The van der Waals surface area contributed by atoms with E-state index in [9.17, 15) is 9.59 Å². The molecule has 188 valence electrons. The number of aromatic amines is 1. The van der Waals surface area contributed by atoms with E-state index in [2.05, 4.69) is 20.6 Å². The van der Waals surface area contributed by atoms with Crippen molar-refractivity contribution in [3.63, 3.8) is 0 Å². The lowest BCUT2D eigenvalue weighted by Gasteiger charge is -2.09. The van der Waals surface area contributed by atoms with Crippen molar-refractivity contribution in [3.8, 4) is 28.1 Å². The quantitative estimate of drug-likeness (QED) is 0.245. The number of ether oxygens (including phenoxy) is 1. The highest BCUT2D eigenvalue weighted by Crippen LogP contribution is 2.31. The number of benzene rings is 3. The summed E-state index contributed by atoms with van der Waals surface area (Å²) >= 11 is 0. The molecule has 3 aromatic carbocycles. The minimum absolute atomic E-state index is 0.227. The Bertz CT molecular complexity index is 1530. The van der Waals surface area contributed by atoms with Gasteiger partial charge in [0.15, 0.2) is 0 Å². The minimum Gasteiger partial charge on any atom is -0.497 e. The Kier molecular flexibility index (Phi) is 7.27. The van der Waals surface area contributed by atoms with Crippen LogP contribution in [0.1, 0.15) is 26.4 Å². The lowest BCUT2D eigenvalue weighted by Crippen LogP contribution is -2.23. The molecule has 5 rings (SSSR count). The van der Waals surface area contributed by atoms with Crippen LogP contribution in [0.25, 0.3) is 22.4 Å². The zero-order valence-corrected chi connectivity index (χ0v) is 20.8. The van der Waals surface area contributed by atoms with Crippen molar-refractivity contribution in [3.05, 3.63) is 126 Å². The molecule has 5 aromatic rings. The second-order valence-electron chi connectivity index (χ2n) is 8.61. The van der Waals surface area contributed by atoms with Gasteiger partial charge in [-0.1, -0.05) is 60.7 Å². The average molecular weight is 503 g/mol. The molecular formula is C31H26N4O3. The van der Waals surface area contributed by atoms with E-state index in [0.29, 0.717) is 23.6 Å². The summed E-state index contributed by atoms with van der Waals surface area (Å²) in [6.07, 6.45) is 1.62. The number of hydrogen-bond acceptors (Lipinski definition) is 4. The molecule has 3 N–H and O–H groups in total. The number of methoxy groups -OCH3 is 1. The molecule has 0 unspecified atom stereocenters. The molecule has 7 heteroatoms. The van der Waals surface area contributed by atoms with Gasteiger partial charge in [0.2, 0.25) is 0 Å². The smallest absolute Gasteiger partial charge is 0.268 e. The number of nitrogens with one attached hydrogen (secondary N) is 3. The molecule has 0 aliphatic heterocycles. The van der Waals surface area contributed by atoms with Gasteiger partial charge in [-0.2, -0.15) is 0 Å². The standard InChI is InChI=1S/C31H26N4O3/c1-38-25-16-14-22(15-17-25)26-19-27(23-7-3-2-4-8-23)34-29(26)31(37)33-20-21-10-12-24(13-11-21)30(36)35-28-9-5-6-18-32-28/h2-19,34H,20H2,1H3,(H,33,37)(H,32,35,36). The highest BCUT2D eigenvalue weighted by atomic mass is 16.5. The molecule has 7 nitrogen and oxygen atoms in total.